The molecule has 0 aromatic carbocycles. The molecule has 110 valence electrons. The summed E-state index contributed by atoms with van der Waals surface area (Å²) in [4.78, 5) is 15.8. The topological polar surface area (TPSA) is 79.8 Å². The molecular formula is C15H19N5O. The molecule has 6 heteroatoms. The molecule has 0 spiro atoms. The first kappa shape index (κ1) is 14.9. The monoisotopic (exact) mass is 285 g/mol. The van der Waals surface area contributed by atoms with Crippen molar-refractivity contribution in [3.05, 3.63) is 47.9 Å². The Morgan fingerprint density at radius 3 is 2.57 bits per heavy atom. The summed E-state index contributed by atoms with van der Waals surface area (Å²) >= 11 is 0. The first-order chi connectivity index (χ1) is 10.2. The van der Waals surface area contributed by atoms with Crippen LogP contribution in [-0.2, 0) is 6.54 Å². The molecule has 0 bridgehead atoms. The van der Waals surface area contributed by atoms with Crippen LogP contribution in [0.2, 0.25) is 0 Å². The zero-order valence-electron chi connectivity index (χ0n) is 12.2. The van der Waals surface area contributed by atoms with E-state index >= 15 is 0 Å². The fourth-order valence-electron chi connectivity index (χ4n) is 1.64. The number of hydrogen-bond acceptors (Lipinski definition) is 5. The van der Waals surface area contributed by atoms with E-state index in [1.807, 2.05) is 26.0 Å². The van der Waals surface area contributed by atoms with Crippen molar-refractivity contribution in [2.75, 3.05) is 5.32 Å². The van der Waals surface area contributed by atoms with Gasteiger partial charge in [0.25, 0.3) is 5.91 Å². The highest BCUT2D eigenvalue weighted by atomic mass is 16.2. The van der Waals surface area contributed by atoms with Crippen LogP contribution in [0.1, 0.15) is 36.3 Å². The molecule has 2 aromatic rings. The lowest BCUT2D eigenvalue weighted by Gasteiger charge is -2.10. The largest absolute Gasteiger partial charge is 0.365 e. The number of rotatable bonds is 6. The van der Waals surface area contributed by atoms with Gasteiger partial charge in [-0.3, -0.25) is 9.78 Å². The van der Waals surface area contributed by atoms with Crippen LogP contribution in [-0.4, -0.2) is 27.1 Å². The van der Waals surface area contributed by atoms with Gasteiger partial charge in [0, 0.05) is 25.0 Å². The summed E-state index contributed by atoms with van der Waals surface area (Å²) in [7, 11) is 0. The van der Waals surface area contributed by atoms with Crippen LogP contribution in [0.4, 0.5) is 5.82 Å². The predicted octanol–water partition coefficient (Wildman–Crippen LogP) is 2.01. The van der Waals surface area contributed by atoms with Gasteiger partial charge >= 0.3 is 0 Å². The van der Waals surface area contributed by atoms with Gasteiger partial charge in [0.15, 0.2) is 5.69 Å². The molecule has 2 aromatic heterocycles. The molecule has 0 radical (unpaired) electrons. The summed E-state index contributed by atoms with van der Waals surface area (Å²) in [6.07, 6.45) is 4.36. The lowest BCUT2D eigenvalue weighted by Crippen LogP contribution is -2.32. The third-order valence-electron chi connectivity index (χ3n) is 3.11. The molecular weight excluding hydrogens is 266 g/mol. The minimum atomic E-state index is -0.197. The molecule has 0 saturated carbocycles. The number of anilines is 1. The average molecular weight is 285 g/mol. The quantitative estimate of drug-likeness (QED) is 0.848. The molecule has 6 nitrogen and oxygen atoms in total. The molecule has 0 fully saturated rings. The third kappa shape index (κ3) is 4.52. The molecule has 1 unspecified atom stereocenters. The average Bonchev–Trinajstić information content (AvgIpc) is 2.54. The highest BCUT2D eigenvalue weighted by Gasteiger charge is 2.10. The standard InChI is InChI=1S/C15H19N5O/c1-3-11(2)18-15(21)13-4-5-14(20-19-13)17-10-12-6-8-16-9-7-12/h4-9,11H,3,10H2,1-2H3,(H,17,20)(H,18,21). The lowest BCUT2D eigenvalue weighted by molar-refractivity contribution is 0.0933. The fourth-order valence-corrected chi connectivity index (χ4v) is 1.64. The van der Waals surface area contributed by atoms with E-state index in [0.717, 1.165) is 12.0 Å². The second-order valence-electron chi connectivity index (χ2n) is 4.80. The van der Waals surface area contributed by atoms with Gasteiger partial charge in [0.05, 0.1) is 0 Å². The van der Waals surface area contributed by atoms with E-state index in [2.05, 4.69) is 25.8 Å². The Labute approximate surface area is 124 Å². The van der Waals surface area contributed by atoms with E-state index in [1.165, 1.54) is 0 Å². The van der Waals surface area contributed by atoms with Crippen LogP contribution in [0, 0.1) is 0 Å². The van der Waals surface area contributed by atoms with Crippen molar-refractivity contribution in [1.82, 2.24) is 20.5 Å². The number of nitrogens with one attached hydrogen (secondary N) is 2. The molecule has 2 N–H and O–H groups in total. The number of aromatic nitrogens is 3. The minimum absolute atomic E-state index is 0.129. The first-order valence-electron chi connectivity index (χ1n) is 6.96. The van der Waals surface area contributed by atoms with Crippen molar-refractivity contribution in [2.24, 2.45) is 0 Å². The number of carbonyl (C=O) groups is 1. The number of amides is 1. The predicted molar refractivity (Wildman–Crippen MR) is 80.8 cm³/mol. The van der Waals surface area contributed by atoms with E-state index in [0.29, 0.717) is 18.1 Å². The Kier molecular flexibility index (Phi) is 5.20. The highest BCUT2D eigenvalue weighted by molar-refractivity contribution is 5.92. The van der Waals surface area contributed by atoms with E-state index in [4.69, 9.17) is 0 Å². The van der Waals surface area contributed by atoms with Crippen molar-refractivity contribution in [3.63, 3.8) is 0 Å². The van der Waals surface area contributed by atoms with Crippen LogP contribution < -0.4 is 10.6 Å². The smallest absolute Gasteiger partial charge is 0.272 e. The van der Waals surface area contributed by atoms with Crippen molar-refractivity contribution in [3.8, 4) is 0 Å². The second-order valence-corrected chi connectivity index (χ2v) is 4.80. The molecule has 0 saturated heterocycles. The summed E-state index contributed by atoms with van der Waals surface area (Å²) in [5, 5.41) is 14.0. The van der Waals surface area contributed by atoms with Gasteiger partial charge in [0.1, 0.15) is 5.82 Å². The van der Waals surface area contributed by atoms with Crippen LogP contribution in [0.5, 0.6) is 0 Å². The first-order valence-corrected chi connectivity index (χ1v) is 6.96. The minimum Gasteiger partial charge on any atom is -0.365 e. The van der Waals surface area contributed by atoms with Gasteiger partial charge < -0.3 is 10.6 Å². The number of pyridine rings is 1. The third-order valence-corrected chi connectivity index (χ3v) is 3.11. The summed E-state index contributed by atoms with van der Waals surface area (Å²) in [5.74, 6) is 0.435. The number of carbonyl (C=O) groups excluding carboxylic acids is 1. The van der Waals surface area contributed by atoms with E-state index in [-0.39, 0.29) is 11.9 Å². The normalized spacial score (nSPS) is 11.7. The summed E-state index contributed by atoms with van der Waals surface area (Å²) in [5.41, 5.74) is 1.43. The van der Waals surface area contributed by atoms with E-state index in [9.17, 15) is 4.79 Å². The Morgan fingerprint density at radius 2 is 1.95 bits per heavy atom. The molecule has 0 aliphatic carbocycles. The lowest BCUT2D eigenvalue weighted by atomic mass is 10.2. The summed E-state index contributed by atoms with van der Waals surface area (Å²) in [6, 6.07) is 7.39. The second kappa shape index (κ2) is 7.33. The molecule has 0 aliphatic heterocycles. The molecule has 2 rings (SSSR count). The molecule has 0 aliphatic rings. The van der Waals surface area contributed by atoms with Crippen molar-refractivity contribution in [2.45, 2.75) is 32.9 Å². The van der Waals surface area contributed by atoms with E-state index in [1.54, 1.807) is 24.5 Å². The zero-order valence-corrected chi connectivity index (χ0v) is 12.2. The van der Waals surface area contributed by atoms with Gasteiger partial charge in [-0.2, -0.15) is 0 Å². The molecule has 1 atom stereocenters. The maximum absolute atomic E-state index is 11.9. The summed E-state index contributed by atoms with van der Waals surface area (Å²) in [6.45, 7) is 4.61. The van der Waals surface area contributed by atoms with Crippen LogP contribution in [0.3, 0.4) is 0 Å². The van der Waals surface area contributed by atoms with Crippen LogP contribution in [0.15, 0.2) is 36.7 Å². The maximum atomic E-state index is 11.9. The Balaban J connectivity index is 1.91. The number of hydrogen-bond donors (Lipinski definition) is 2. The van der Waals surface area contributed by atoms with Gasteiger partial charge in [-0.05, 0) is 43.2 Å². The zero-order chi connectivity index (χ0) is 15.1. The Hall–Kier alpha value is -2.50. The van der Waals surface area contributed by atoms with Crippen LogP contribution >= 0.6 is 0 Å². The van der Waals surface area contributed by atoms with Crippen molar-refractivity contribution in [1.29, 1.82) is 0 Å². The van der Waals surface area contributed by atoms with Crippen LogP contribution in [0.25, 0.3) is 0 Å². The fraction of sp³-hybridized carbons (Fsp3) is 0.333. The summed E-state index contributed by atoms with van der Waals surface area (Å²) < 4.78 is 0. The number of nitrogens with zero attached hydrogens (tertiary/aromatic N) is 3. The molecule has 2 heterocycles. The van der Waals surface area contributed by atoms with Crippen molar-refractivity contribution >= 4 is 11.7 Å². The van der Waals surface area contributed by atoms with E-state index < -0.39 is 0 Å². The SMILES string of the molecule is CCC(C)NC(=O)c1ccc(NCc2ccncc2)nn1. The van der Waals surface area contributed by atoms with Gasteiger partial charge in [-0.1, -0.05) is 6.92 Å². The Bertz CT molecular complexity index is 570. The van der Waals surface area contributed by atoms with Gasteiger partial charge in [-0.15, -0.1) is 10.2 Å². The van der Waals surface area contributed by atoms with Gasteiger partial charge in [0.2, 0.25) is 0 Å². The molecule has 21 heavy (non-hydrogen) atoms. The highest BCUT2D eigenvalue weighted by Crippen LogP contribution is 2.05. The maximum Gasteiger partial charge on any atom is 0.272 e. The Morgan fingerprint density at radius 1 is 1.19 bits per heavy atom. The van der Waals surface area contributed by atoms with Crippen molar-refractivity contribution < 1.29 is 4.79 Å². The van der Waals surface area contributed by atoms with Gasteiger partial charge in [-0.25, -0.2) is 0 Å². The molecule has 1 amide bonds.